The molecule has 2 aliphatic heterocycles. The molecule has 2 saturated heterocycles. The van der Waals surface area contributed by atoms with Gasteiger partial charge in [-0.3, -0.25) is 10.00 Å². The maximum Gasteiger partial charge on any atom is 0.356 e. The summed E-state index contributed by atoms with van der Waals surface area (Å²) in [7, 11) is 0. The molecule has 1 aromatic rings. The molecule has 0 saturated carbocycles. The Bertz CT molecular complexity index is 494. The van der Waals surface area contributed by atoms with Crippen molar-refractivity contribution in [2.24, 2.45) is 5.41 Å². The molecule has 116 valence electrons. The number of piperidine rings is 1. The van der Waals surface area contributed by atoms with Crippen LogP contribution < -0.4 is 5.32 Å². The molecule has 0 aromatic carbocycles. The molecule has 2 fully saturated rings. The molecule has 0 radical (unpaired) electrons. The van der Waals surface area contributed by atoms with Gasteiger partial charge in [-0.1, -0.05) is 0 Å². The van der Waals surface area contributed by atoms with Crippen molar-refractivity contribution in [3.63, 3.8) is 0 Å². The van der Waals surface area contributed by atoms with E-state index in [1.165, 1.54) is 19.3 Å². The largest absolute Gasteiger partial charge is 0.461 e. The van der Waals surface area contributed by atoms with Crippen LogP contribution in [0.15, 0.2) is 6.20 Å². The van der Waals surface area contributed by atoms with Gasteiger partial charge in [0.05, 0.1) is 12.8 Å². The van der Waals surface area contributed by atoms with Gasteiger partial charge in [-0.05, 0) is 44.7 Å². The lowest BCUT2D eigenvalue weighted by Crippen LogP contribution is -2.44. The summed E-state index contributed by atoms with van der Waals surface area (Å²) in [5.41, 5.74) is 1.88. The van der Waals surface area contributed by atoms with Crippen molar-refractivity contribution in [3.8, 4) is 0 Å². The van der Waals surface area contributed by atoms with Gasteiger partial charge in [-0.25, -0.2) is 4.79 Å². The SMILES string of the molecule is CCOC(=O)c1[nH]ncc1CN1CCC[C@@]2(CCNC2)C1. The number of H-pyrrole nitrogens is 1. The van der Waals surface area contributed by atoms with E-state index < -0.39 is 0 Å². The van der Waals surface area contributed by atoms with Crippen LogP contribution >= 0.6 is 0 Å². The van der Waals surface area contributed by atoms with E-state index in [-0.39, 0.29) is 5.97 Å². The van der Waals surface area contributed by atoms with Crippen molar-refractivity contribution in [1.29, 1.82) is 0 Å². The summed E-state index contributed by atoms with van der Waals surface area (Å²) in [6, 6.07) is 0. The fraction of sp³-hybridized carbons (Fsp3) is 0.733. The molecule has 0 bridgehead atoms. The molecule has 21 heavy (non-hydrogen) atoms. The van der Waals surface area contributed by atoms with Gasteiger partial charge in [0.2, 0.25) is 0 Å². The number of hydrogen-bond donors (Lipinski definition) is 2. The van der Waals surface area contributed by atoms with Crippen LogP contribution in [0.5, 0.6) is 0 Å². The molecule has 1 aromatic heterocycles. The molecule has 0 amide bonds. The van der Waals surface area contributed by atoms with Gasteiger partial charge in [0.1, 0.15) is 5.69 Å². The number of aromatic amines is 1. The van der Waals surface area contributed by atoms with Gasteiger partial charge in [0, 0.05) is 25.2 Å². The molecule has 3 rings (SSSR count). The number of nitrogens with zero attached hydrogens (tertiary/aromatic N) is 2. The number of nitrogens with one attached hydrogen (secondary N) is 2. The molecular formula is C15H24N4O2. The van der Waals surface area contributed by atoms with E-state index in [1.807, 2.05) is 6.92 Å². The van der Waals surface area contributed by atoms with E-state index in [9.17, 15) is 4.79 Å². The number of esters is 1. The lowest BCUT2D eigenvalue weighted by atomic mass is 9.79. The number of rotatable bonds is 4. The average molecular weight is 292 g/mol. The highest BCUT2D eigenvalue weighted by Crippen LogP contribution is 2.36. The lowest BCUT2D eigenvalue weighted by molar-refractivity contribution is 0.0514. The number of carbonyl (C=O) groups excluding carboxylic acids is 1. The number of likely N-dealkylation sites (tertiary alicyclic amines) is 1. The van der Waals surface area contributed by atoms with E-state index >= 15 is 0 Å². The zero-order chi connectivity index (χ0) is 14.7. The third-order valence-corrected chi connectivity index (χ3v) is 4.66. The van der Waals surface area contributed by atoms with Crippen molar-refractivity contribution >= 4 is 5.97 Å². The van der Waals surface area contributed by atoms with E-state index in [0.29, 0.717) is 17.7 Å². The highest BCUT2D eigenvalue weighted by molar-refractivity contribution is 5.88. The second-order valence-electron chi connectivity index (χ2n) is 6.23. The zero-order valence-electron chi connectivity index (χ0n) is 12.7. The van der Waals surface area contributed by atoms with Gasteiger partial charge in [-0.2, -0.15) is 5.10 Å². The maximum atomic E-state index is 11.9. The minimum absolute atomic E-state index is 0.306. The first-order chi connectivity index (χ1) is 10.2. The van der Waals surface area contributed by atoms with Crippen LogP contribution in [-0.4, -0.2) is 53.9 Å². The monoisotopic (exact) mass is 292 g/mol. The Balaban J connectivity index is 1.66. The minimum Gasteiger partial charge on any atom is -0.461 e. The molecule has 3 heterocycles. The molecule has 2 N–H and O–H groups in total. The Labute approximate surface area is 125 Å². The smallest absolute Gasteiger partial charge is 0.356 e. The number of carbonyl (C=O) groups is 1. The second kappa shape index (κ2) is 6.15. The van der Waals surface area contributed by atoms with E-state index in [1.54, 1.807) is 6.20 Å². The topological polar surface area (TPSA) is 70.2 Å². The molecule has 6 nitrogen and oxygen atoms in total. The third-order valence-electron chi connectivity index (χ3n) is 4.66. The first-order valence-corrected chi connectivity index (χ1v) is 7.85. The van der Waals surface area contributed by atoms with E-state index in [4.69, 9.17) is 4.74 Å². The molecule has 1 spiro atoms. The quantitative estimate of drug-likeness (QED) is 0.815. The van der Waals surface area contributed by atoms with Crippen molar-refractivity contribution in [2.75, 3.05) is 32.8 Å². The Morgan fingerprint density at radius 1 is 1.52 bits per heavy atom. The van der Waals surface area contributed by atoms with Crippen molar-refractivity contribution < 1.29 is 9.53 Å². The standard InChI is InChI=1S/C15H24N4O2/c1-2-21-14(20)13-12(8-17-18-13)9-19-7-3-4-15(11-19)5-6-16-10-15/h8,16H,2-7,9-11H2,1H3,(H,17,18)/t15-/m0/s1. The Morgan fingerprint density at radius 3 is 3.19 bits per heavy atom. The third kappa shape index (κ3) is 3.11. The molecule has 1 atom stereocenters. The van der Waals surface area contributed by atoms with Crippen LogP contribution in [-0.2, 0) is 11.3 Å². The summed E-state index contributed by atoms with van der Waals surface area (Å²) < 4.78 is 5.07. The minimum atomic E-state index is -0.306. The maximum absolute atomic E-state index is 11.9. The van der Waals surface area contributed by atoms with Gasteiger partial charge in [0.15, 0.2) is 0 Å². The summed E-state index contributed by atoms with van der Waals surface area (Å²) in [5.74, 6) is -0.306. The summed E-state index contributed by atoms with van der Waals surface area (Å²) >= 11 is 0. The molecular weight excluding hydrogens is 268 g/mol. The first kappa shape index (κ1) is 14.5. The van der Waals surface area contributed by atoms with Gasteiger partial charge < -0.3 is 10.1 Å². The van der Waals surface area contributed by atoms with Crippen LogP contribution in [0, 0.1) is 5.41 Å². The Kier molecular flexibility index (Phi) is 4.26. The number of hydrogen-bond acceptors (Lipinski definition) is 5. The van der Waals surface area contributed by atoms with Crippen molar-refractivity contribution in [2.45, 2.75) is 32.7 Å². The van der Waals surface area contributed by atoms with Crippen LogP contribution in [0.25, 0.3) is 0 Å². The summed E-state index contributed by atoms with van der Waals surface area (Å²) in [6.45, 7) is 7.42. The summed E-state index contributed by atoms with van der Waals surface area (Å²) in [4.78, 5) is 14.3. The van der Waals surface area contributed by atoms with Crippen LogP contribution in [0.1, 0.15) is 42.2 Å². The predicted octanol–water partition coefficient (Wildman–Crippen LogP) is 1.16. The fourth-order valence-corrected chi connectivity index (χ4v) is 3.64. The molecule has 2 aliphatic rings. The van der Waals surface area contributed by atoms with E-state index in [2.05, 4.69) is 20.4 Å². The van der Waals surface area contributed by atoms with Crippen LogP contribution in [0.2, 0.25) is 0 Å². The number of aromatic nitrogens is 2. The Morgan fingerprint density at radius 2 is 2.43 bits per heavy atom. The zero-order valence-corrected chi connectivity index (χ0v) is 12.7. The van der Waals surface area contributed by atoms with Gasteiger partial charge in [0.25, 0.3) is 0 Å². The molecule has 0 aliphatic carbocycles. The van der Waals surface area contributed by atoms with Crippen molar-refractivity contribution in [3.05, 3.63) is 17.5 Å². The summed E-state index contributed by atoms with van der Waals surface area (Å²) in [5, 5.41) is 10.3. The predicted molar refractivity (Wildman–Crippen MR) is 79.0 cm³/mol. The fourth-order valence-electron chi connectivity index (χ4n) is 3.64. The highest BCUT2D eigenvalue weighted by Gasteiger charge is 2.38. The van der Waals surface area contributed by atoms with Crippen molar-refractivity contribution in [1.82, 2.24) is 20.4 Å². The lowest BCUT2D eigenvalue weighted by Gasteiger charge is -2.40. The normalized spacial score (nSPS) is 26.3. The molecule has 6 heteroatoms. The average Bonchev–Trinajstić information content (AvgIpc) is 3.09. The van der Waals surface area contributed by atoms with Gasteiger partial charge in [-0.15, -0.1) is 0 Å². The molecule has 0 unspecified atom stereocenters. The second-order valence-corrected chi connectivity index (χ2v) is 6.23. The highest BCUT2D eigenvalue weighted by atomic mass is 16.5. The van der Waals surface area contributed by atoms with Gasteiger partial charge >= 0.3 is 5.97 Å². The van der Waals surface area contributed by atoms with E-state index in [0.717, 1.165) is 38.3 Å². The Hall–Kier alpha value is -1.40. The van der Waals surface area contributed by atoms with Crippen LogP contribution in [0.4, 0.5) is 0 Å². The first-order valence-electron chi connectivity index (χ1n) is 7.85. The van der Waals surface area contributed by atoms with Crippen LogP contribution in [0.3, 0.4) is 0 Å². The summed E-state index contributed by atoms with van der Waals surface area (Å²) in [6.07, 6.45) is 5.56. The number of ether oxygens (including phenoxy) is 1.